The third-order valence-electron chi connectivity index (χ3n) is 5.01. The van der Waals surface area contributed by atoms with Gasteiger partial charge in [0.15, 0.2) is 0 Å². The van der Waals surface area contributed by atoms with E-state index < -0.39 is 5.97 Å². The monoisotopic (exact) mass is 324 g/mol. The molecule has 2 aliphatic rings. The second kappa shape index (κ2) is 8.31. The number of carboxylic acid groups (broad SMARTS) is 1. The molecule has 0 radical (unpaired) electrons. The van der Waals surface area contributed by atoms with E-state index in [2.05, 4.69) is 0 Å². The lowest BCUT2D eigenvalue weighted by atomic mass is 9.92. The molecule has 2 aliphatic heterocycles. The molecule has 6 nitrogen and oxygen atoms in total. The average molecular weight is 324 g/mol. The van der Waals surface area contributed by atoms with Crippen molar-refractivity contribution in [3.05, 3.63) is 0 Å². The van der Waals surface area contributed by atoms with Gasteiger partial charge in [0.05, 0.1) is 0 Å². The summed E-state index contributed by atoms with van der Waals surface area (Å²) in [6, 6.07) is -0.311. The lowest BCUT2D eigenvalue weighted by Crippen LogP contribution is -2.54. The first-order valence-corrected chi connectivity index (χ1v) is 8.83. The van der Waals surface area contributed by atoms with E-state index in [1.54, 1.807) is 4.90 Å². The number of carbonyl (C=O) groups is 3. The number of nitrogens with zero attached hydrogens (tertiary/aromatic N) is 2. The van der Waals surface area contributed by atoms with Gasteiger partial charge in [-0.2, -0.15) is 0 Å². The van der Waals surface area contributed by atoms with Gasteiger partial charge >= 0.3 is 5.97 Å². The standard InChI is InChI=1S/C17H28N2O4/c1-2-15(20)19-11-4-3-7-14(19)17(23)18-10-5-6-13(12-18)8-9-16(21)22/h13-14H,2-12H2,1H3,(H,21,22). The van der Waals surface area contributed by atoms with E-state index in [4.69, 9.17) is 5.11 Å². The zero-order valence-corrected chi connectivity index (χ0v) is 14.0. The molecular weight excluding hydrogens is 296 g/mol. The normalized spacial score (nSPS) is 25.3. The molecule has 0 aromatic heterocycles. The second-order valence-electron chi connectivity index (χ2n) is 6.68. The van der Waals surface area contributed by atoms with Gasteiger partial charge in [-0.3, -0.25) is 14.4 Å². The number of hydrogen-bond donors (Lipinski definition) is 1. The summed E-state index contributed by atoms with van der Waals surface area (Å²) >= 11 is 0. The van der Waals surface area contributed by atoms with Crippen molar-refractivity contribution in [2.45, 2.75) is 64.3 Å². The van der Waals surface area contributed by atoms with Crippen LogP contribution in [0, 0.1) is 5.92 Å². The summed E-state index contributed by atoms with van der Waals surface area (Å²) in [5.41, 5.74) is 0. The third kappa shape index (κ3) is 4.69. The van der Waals surface area contributed by atoms with Crippen molar-refractivity contribution >= 4 is 17.8 Å². The van der Waals surface area contributed by atoms with Gasteiger partial charge in [0, 0.05) is 32.5 Å². The zero-order valence-electron chi connectivity index (χ0n) is 14.0. The largest absolute Gasteiger partial charge is 0.481 e. The Balaban J connectivity index is 1.97. The topological polar surface area (TPSA) is 77.9 Å². The molecule has 2 fully saturated rings. The average Bonchev–Trinajstić information content (AvgIpc) is 2.59. The summed E-state index contributed by atoms with van der Waals surface area (Å²) in [6.07, 6.45) is 5.84. The lowest BCUT2D eigenvalue weighted by molar-refractivity contribution is -0.148. The quantitative estimate of drug-likeness (QED) is 0.837. The maximum atomic E-state index is 12.9. The number of piperidine rings is 2. The van der Waals surface area contributed by atoms with Gasteiger partial charge in [-0.1, -0.05) is 6.92 Å². The molecule has 2 unspecified atom stereocenters. The minimum Gasteiger partial charge on any atom is -0.481 e. The van der Waals surface area contributed by atoms with Gasteiger partial charge in [0.2, 0.25) is 11.8 Å². The van der Waals surface area contributed by atoms with Gasteiger partial charge in [-0.25, -0.2) is 0 Å². The summed E-state index contributed by atoms with van der Waals surface area (Å²) < 4.78 is 0. The number of carboxylic acids is 1. The third-order valence-corrected chi connectivity index (χ3v) is 5.01. The molecule has 6 heteroatoms. The Bertz CT molecular complexity index is 452. The van der Waals surface area contributed by atoms with E-state index in [9.17, 15) is 14.4 Å². The Morgan fingerprint density at radius 2 is 1.87 bits per heavy atom. The maximum Gasteiger partial charge on any atom is 0.303 e. The summed E-state index contributed by atoms with van der Waals surface area (Å²) in [5.74, 6) is -0.392. The van der Waals surface area contributed by atoms with E-state index in [1.165, 1.54) is 0 Å². The number of likely N-dealkylation sites (tertiary alicyclic amines) is 2. The van der Waals surface area contributed by atoms with E-state index in [-0.39, 0.29) is 30.2 Å². The van der Waals surface area contributed by atoms with Crippen molar-refractivity contribution in [2.24, 2.45) is 5.92 Å². The van der Waals surface area contributed by atoms with Crippen LogP contribution in [0.2, 0.25) is 0 Å². The van der Waals surface area contributed by atoms with Crippen LogP contribution in [-0.2, 0) is 14.4 Å². The number of hydrogen-bond acceptors (Lipinski definition) is 3. The lowest BCUT2D eigenvalue weighted by Gasteiger charge is -2.40. The molecule has 23 heavy (non-hydrogen) atoms. The number of amides is 2. The predicted molar refractivity (Wildman–Crippen MR) is 85.8 cm³/mol. The van der Waals surface area contributed by atoms with Crippen molar-refractivity contribution in [1.29, 1.82) is 0 Å². The summed E-state index contributed by atoms with van der Waals surface area (Å²) in [6.45, 7) is 3.88. The molecule has 0 spiro atoms. The first-order valence-electron chi connectivity index (χ1n) is 8.83. The fraction of sp³-hybridized carbons (Fsp3) is 0.824. The molecule has 2 rings (SSSR count). The number of aliphatic carboxylic acids is 1. The molecule has 0 bridgehead atoms. The zero-order chi connectivity index (χ0) is 16.8. The van der Waals surface area contributed by atoms with Gasteiger partial charge in [0.1, 0.15) is 6.04 Å². The molecule has 2 amide bonds. The SMILES string of the molecule is CCC(=O)N1CCCCC1C(=O)N1CCCC(CCC(=O)O)C1. The maximum absolute atomic E-state index is 12.9. The Morgan fingerprint density at radius 1 is 1.09 bits per heavy atom. The first kappa shape index (κ1) is 17.8. The van der Waals surface area contributed by atoms with Crippen molar-refractivity contribution < 1.29 is 19.5 Å². The highest BCUT2D eigenvalue weighted by Gasteiger charge is 2.35. The number of rotatable bonds is 5. The first-order chi connectivity index (χ1) is 11.0. The summed E-state index contributed by atoms with van der Waals surface area (Å²) in [5, 5.41) is 8.82. The fourth-order valence-electron chi connectivity index (χ4n) is 3.73. The van der Waals surface area contributed by atoms with Crippen molar-refractivity contribution in [3.63, 3.8) is 0 Å². The van der Waals surface area contributed by atoms with Gasteiger partial charge in [0.25, 0.3) is 0 Å². The summed E-state index contributed by atoms with van der Waals surface area (Å²) in [4.78, 5) is 39.3. The van der Waals surface area contributed by atoms with Crippen LogP contribution >= 0.6 is 0 Å². The second-order valence-corrected chi connectivity index (χ2v) is 6.68. The molecule has 0 aromatic carbocycles. The van der Waals surface area contributed by atoms with Crippen LogP contribution in [0.25, 0.3) is 0 Å². The highest BCUT2D eigenvalue weighted by molar-refractivity contribution is 5.88. The Hall–Kier alpha value is -1.59. The van der Waals surface area contributed by atoms with E-state index >= 15 is 0 Å². The molecule has 1 N–H and O–H groups in total. The van der Waals surface area contributed by atoms with Crippen molar-refractivity contribution in [3.8, 4) is 0 Å². The Kier molecular flexibility index (Phi) is 6.42. The van der Waals surface area contributed by atoms with Crippen LogP contribution in [-0.4, -0.2) is 58.4 Å². The predicted octanol–water partition coefficient (Wildman–Crippen LogP) is 1.88. The van der Waals surface area contributed by atoms with Crippen molar-refractivity contribution in [1.82, 2.24) is 9.80 Å². The molecule has 2 atom stereocenters. The molecule has 130 valence electrons. The Morgan fingerprint density at radius 3 is 2.57 bits per heavy atom. The van der Waals surface area contributed by atoms with Gasteiger partial charge in [-0.05, 0) is 44.4 Å². The molecule has 0 saturated carbocycles. The Labute approximate surface area is 137 Å². The van der Waals surface area contributed by atoms with Crippen LogP contribution < -0.4 is 0 Å². The van der Waals surface area contributed by atoms with Gasteiger partial charge in [-0.15, -0.1) is 0 Å². The fourth-order valence-corrected chi connectivity index (χ4v) is 3.73. The van der Waals surface area contributed by atoms with Crippen LogP contribution in [0.4, 0.5) is 0 Å². The van der Waals surface area contributed by atoms with E-state index in [1.807, 2.05) is 11.8 Å². The summed E-state index contributed by atoms with van der Waals surface area (Å²) in [7, 11) is 0. The highest BCUT2D eigenvalue weighted by Crippen LogP contribution is 2.25. The van der Waals surface area contributed by atoms with E-state index in [0.29, 0.717) is 25.9 Å². The van der Waals surface area contributed by atoms with Crippen LogP contribution in [0.1, 0.15) is 58.3 Å². The molecule has 2 saturated heterocycles. The highest BCUT2D eigenvalue weighted by atomic mass is 16.4. The number of carbonyl (C=O) groups excluding carboxylic acids is 2. The smallest absolute Gasteiger partial charge is 0.303 e. The minimum atomic E-state index is -0.777. The van der Waals surface area contributed by atoms with E-state index in [0.717, 1.165) is 38.6 Å². The molecule has 2 heterocycles. The van der Waals surface area contributed by atoms with Crippen LogP contribution in [0.5, 0.6) is 0 Å². The molecule has 0 aliphatic carbocycles. The van der Waals surface area contributed by atoms with Crippen molar-refractivity contribution in [2.75, 3.05) is 19.6 Å². The minimum absolute atomic E-state index is 0.0579. The molecular formula is C17H28N2O4. The van der Waals surface area contributed by atoms with Crippen LogP contribution in [0.3, 0.4) is 0 Å². The molecule has 0 aromatic rings. The van der Waals surface area contributed by atoms with Gasteiger partial charge < -0.3 is 14.9 Å². The van der Waals surface area contributed by atoms with Crippen LogP contribution in [0.15, 0.2) is 0 Å².